The summed E-state index contributed by atoms with van der Waals surface area (Å²) in [6.07, 6.45) is 0. The van der Waals surface area contributed by atoms with E-state index in [9.17, 15) is 9.59 Å². The number of aromatic nitrogens is 1. The zero-order valence-corrected chi connectivity index (χ0v) is 19.8. The number of rotatable bonds is 0. The number of benzene rings is 5. The Morgan fingerprint density at radius 1 is 0.514 bits per heavy atom. The van der Waals surface area contributed by atoms with Crippen LogP contribution in [0, 0.1) is 0 Å². The third kappa shape index (κ3) is 2.61. The van der Waals surface area contributed by atoms with Gasteiger partial charge in [-0.05, 0) is 46.0 Å². The monoisotopic (exact) mass is 453 g/mol. The van der Waals surface area contributed by atoms with Gasteiger partial charge in [0.15, 0.2) is 10.9 Å². The Morgan fingerprint density at radius 3 is 1.40 bits per heavy atom. The first-order valence-corrected chi connectivity index (χ1v) is 12.0. The molecule has 0 saturated carbocycles. The molecular weight excluding hydrogens is 430 g/mol. The van der Waals surface area contributed by atoms with Crippen molar-refractivity contribution in [1.82, 2.24) is 4.40 Å². The average Bonchev–Trinajstić information content (AvgIpc) is 2.86. The minimum absolute atomic E-state index is 0.0270. The van der Waals surface area contributed by atoms with E-state index in [1.165, 1.54) is 0 Å². The summed E-state index contributed by atoms with van der Waals surface area (Å²) < 4.78 is 2.19. The molecule has 5 aromatic carbocycles. The Kier molecular flexibility index (Phi) is 3.84. The van der Waals surface area contributed by atoms with Gasteiger partial charge in [0.25, 0.3) is 0 Å². The van der Waals surface area contributed by atoms with Crippen molar-refractivity contribution in [2.75, 3.05) is 0 Å². The van der Waals surface area contributed by atoms with Gasteiger partial charge >= 0.3 is 0 Å². The zero-order valence-electron chi connectivity index (χ0n) is 19.8. The van der Waals surface area contributed by atoms with Gasteiger partial charge in [-0.25, -0.2) is 0 Å². The summed E-state index contributed by atoms with van der Waals surface area (Å²) in [5.74, 6) is 0. The van der Waals surface area contributed by atoms with Gasteiger partial charge in [-0.1, -0.05) is 81.4 Å². The maximum atomic E-state index is 14.0. The third-order valence-electron chi connectivity index (χ3n) is 7.43. The lowest BCUT2D eigenvalue weighted by molar-refractivity contribution is 0.591. The molecule has 7 aromatic rings. The highest BCUT2D eigenvalue weighted by molar-refractivity contribution is 6.18. The molecule has 0 spiro atoms. The molecule has 0 radical (unpaired) electrons. The minimum Gasteiger partial charge on any atom is -0.306 e. The summed E-state index contributed by atoms with van der Waals surface area (Å²) in [5.41, 5.74) is 3.15. The fraction of sp³-hybridized carbons (Fsp3) is 0.125. The summed E-state index contributed by atoms with van der Waals surface area (Å²) >= 11 is 0. The summed E-state index contributed by atoms with van der Waals surface area (Å²) in [4.78, 5) is 28.0. The van der Waals surface area contributed by atoms with Crippen molar-refractivity contribution in [3.8, 4) is 0 Å². The topological polar surface area (TPSA) is 38.5 Å². The number of hydrogen-bond donors (Lipinski definition) is 0. The van der Waals surface area contributed by atoms with Crippen molar-refractivity contribution in [1.29, 1.82) is 0 Å². The van der Waals surface area contributed by atoms with Crippen molar-refractivity contribution in [3.63, 3.8) is 0 Å². The quantitative estimate of drug-likeness (QED) is 0.180. The second-order valence-corrected chi connectivity index (χ2v) is 10.5. The Hall–Kier alpha value is -4.24. The lowest BCUT2D eigenvalue weighted by Gasteiger charge is -2.22. The molecule has 0 fully saturated rings. The summed E-state index contributed by atoms with van der Waals surface area (Å²) in [5, 5.41) is 6.67. The Morgan fingerprint density at radius 2 is 0.943 bits per heavy atom. The molecule has 0 amide bonds. The third-order valence-corrected chi connectivity index (χ3v) is 7.43. The van der Waals surface area contributed by atoms with Crippen molar-refractivity contribution in [3.05, 3.63) is 111 Å². The molecule has 0 aliphatic carbocycles. The van der Waals surface area contributed by atoms with Gasteiger partial charge in [0.1, 0.15) is 0 Å². The fourth-order valence-electron chi connectivity index (χ4n) is 5.64. The highest BCUT2D eigenvalue weighted by Crippen LogP contribution is 2.36. The van der Waals surface area contributed by atoms with Gasteiger partial charge < -0.3 is 4.40 Å². The zero-order chi connectivity index (χ0) is 24.1. The standard InChI is InChI=1S/C32H23NO2/c1-32(2,3)20-16-25-29-26(17-20)31(35)24-15-13-19-9-5-7-11-22(19)28(24)33(29)27-21-10-6-4-8-18(21)12-14-23(27)30(25)34/h4-17H,1-3H3. The molecule has 0 bridgehead atoms. The number of hydrogen-bond acceptors (Lipinski definition) is 2. The molecule has 7 rings (SSSR count). The maximum absolute atomic E-state index is 14.0. The van der Waals surface area contributed by atoms with Crippen LogP contribution < -0.4 is 10.9 Å². The summed E-state index contributed by atoms with van der Waals surface area (Å²) in [7, 11) is 0. The van der Waals surface area contributed by atoms with Gasteiger partial charge in [0.2, 0.25) is 0 Å². The molecule has 0 N–H and O–H groups in total. The molecule has 0 saturated heterocycles. The summed E-state index contributed by atoms with van der Waals surface area (Å²) in [6.45, 7) is 6.34. The molecule has 2 aromatic heterocycles. The molecule has 0 atom stereocenters. The van der Waals surface area contributed by atoms with Crippen LogP contribution in [0.25, 0.3) is 59.6 Å². The van der Waals surface area contributed by atoms with Crippen molar-refractivity contribution >= 4 is 59.6 Å². The van der Waals surface area contributed by atoms with E-state index in [1.807, 2.05) is 60.7 Å². The highest BCUT2D eigenvalue weighted by atomic mass is 16.1. The second kappa shape index (κ2) is 6.67. The van der Waals surface area contributed by atoms with Gasteiger partial charge in [-0.15, -0.1) is 0 Å². The SMILES string of the molecule is CC(C)(C)c1cc2c(=O)c3ccc4ccccc4c3n3c2c(c1)c(=O)c1ccc2ccccc2c13. The Bertz CT molecular complexity index is 1990. The second-order valence-electron chi connectivity index (χ2n) is 10.5. The van der Waals surface area contributed by atoms with Crippen LogP contribution in [0.1, 0.15) is 26.3 Å². The first kappa shape index (κ1) is 20.2. The Balaban J connectivity index is 1.96. The first-order valence-electron chi connectivity index (χ1n) is 12.0. The lowest BCUT2D eigenvalue weighted by Crippen LogP contribution is -2.18. The van der Waals surface area contributed by atoms with Gasteiger partial charge in [-0.3, -0.25) is 9.59 Å². The van der Waals surface area contributed by atoms with Gasteiger partial charge in [0, 0.05) is 32.3 Å². The molecular formula is C32H23NO2. The highest BCUT2D eigenvalue weighted by Gasteiger charge is 2.23. The molecule has 0 aliphatic rings. The van der Waals surface area contributed by atoms with Crippen LogP contribution in [0.2, 0.25) is 0 Å². The predicted octanol–water partition coefficient (Wildman–Crippen LogP) is 7.16. The molecule has 3 heteroatoms. The predicted molar refractivity (Wildman–Crippen MR) is 147 cm³/mol. The average molecular weight is 454 g/mol. The number of nitrogens with zero attached hydrogens (tertiary/aromatic N) is 1. The van der Waals surface area contributed by atoms with Gasteiger partial charge in [-0.2, -0.15) is 0 Å². The largest absolute Gasteiger partial charge is 0.306 e. The van der Waals surface area contributed by atoms with Crippen LogP contribution in [-0.2, 0) is 5.41 Å². The van der Waals surface area contributed by atoms with Crippen molar-refractivity contribution < 1.29 is 0 Å². The summed E-state index contributed by atoms with van der Waals surface area (Å²) in [6, 6.07) is 28.2. The molecule has 3 nitrogen and oxygen atoms in total. The maximum Gasteiger partial charge on any atom is 0.197 e. The molecule has 35 heavy (non-hydrogen) atoms. The minimum atomic E-state index is -0.204. The van der Waals surface area contributed by atoms with E-state index in [-0.39, 0.29) is 16.3 Å². The van der Waals surface area contributed by atoms with E-state index in [4.69, 9.17) is 0 Å². The van der Waals surface area contributed by atoms with Crippen LogP contribution in [0.3, 0.4) is 0 Å². The lowest BCUT2D eigenvalue weighted by atomic mass is 9.84. The van der Waals surface area contributed by atoms with E-state index in [1.54, 1.807) is 0 Å². The van der Waals surface area contributed by atoms with Crippen molar-refractivity contribution in [2.45, 2.75) is 26.2 Å². The normalized spacial score (nSPS) is 12.7. The molecule has 2 heterocycles. The van der Waals surface area contributed by atoms with Gasteiger partial charge in [0.05, 0.1) is 16.6 Å². The van der Waals surface area contributed by atoms with E-state index in [2.05, 4.69) is 49.4 Å². The molecule has 0 aliphatic heterocycles. The van der Waals surface area contributed by atoms with Crippen LogP contribution >= 0.6 is 0 Å². The van der Waals surface area contributed by atoms with E-state index >= 15 is 0 Å². The number of pyridine rings is 2. The van der Waals surface area contributed by atoms with E-state index < -0.39 is 0 Å². The molecule has 0 unspecified atom stereocenters. The smallest absolute Gasteiger partial charge is 0.197 e. The van der Waals surface area contributed by atoms with Crippen LogP contribution in [0.4, 0.5) is 0 Å². The van der Waals surface area contributed by atoms with Crippen LogP contribution in [0.15, 0.2) is 94.5 Å². The Labute approximate surface area is 201 Å². The van der Waals surface area contributed by atoms with E-state index in [0.29, 0.717) is 27.1 Å². The van der Waals surface area contributed by atoms with Crippen LogP contribution in [0.5, 0.6) is 0 Å². The van der Waals surface area contributed by atoms with E-state index in [0.717, 1.165) is 38.1 Å². The molecule has 168 valence electrons. The van der Waals surface area contributed by atoms with Crippen molar-refractivity contribution in [2.24, 2.45) is 0 Å². The first-order chi connectivity index (χ1) is 16.8. The van der Waals surface area contributed by atoms with Crippen LogP contribution in [-0.4, -0.2) is 4.40 Å². The fourth-order valence-corrected chi connectivity index (χ4v) is 5.64. The number of fused-ring (bicyclic) bond motifs is 8.